The van der Waals surface area contributed by atoms with Gasteiger partial charge in [-0.2, -0.15) is 0 Å². The highest BCUT2D eigenvalue weighted by Gasteiger charge is 2.26. The second-order valence-electron chi connectivity index (χ2n) is 6.06. The molecule has 146 valence electrons. The van der Waals surface area contributed by atoms with E-state index < -0.39 is 36.5 Å². The Bertz CT molecular complexity index is 565. The smallest absolute Gasteiger partial charge is 0.410 e. The molecular formula is C17H27N2O7+. The van der Waals surface area contributed by atoms with Crippen LogP contribution in [0.4, 0.5) is 4.79 Å². The summed E-state index contributed by atoms with van der Waals surface area (Å²) in [5, 5.41) is 2.31. The SMILES string of the molecule is C=[N+]=CC(=O)CC[C@H](NC(=O)OC(C)OC(=O)C(C)C)C(=O)OC(C)C. The molecule has 0 rings (SSSR count). The van der Waals surface area contributed by atoms with Gasteiger partial charge >= 0.3 is 24.2 Å². The van der Waals surface area contributed by atoms with E-state index in [1.54, 1.807) is 27.7 Å². The van der Waals surface area contributed by atoms with Crippen LogP contribution in [0.2, 0.25) is 0 Å². The third-order valence-corrected chi connectivity index (χ3v) is 2.87. The first-order chi connectivity index (χ1) is 12.1. The average Bonchev–Trinajstić information content (AvgIpc) is 2.50. The Labute approximate surface area is 152 Å². The Morgan fingerprint density at radius 3 is 2.12 bits per heavy atom. The molecule has 0 spiro atoms. The molecule has 1 unspecified atom stereocenters. The van der Waals surface area contributed by atoms with Crippen molar-refractivity contribution in [2.24, 2.45) is 5.92 Å². The highest BCUT2D eigenvalue weighted by atomic mass is 16.7. The molecule has 0 aliphatic heterocycles. The van der Waals surface area contributed by atoms with Crippen LogP contribution in [-0.2, 0) is 28.6 Å². The van der Waals surface area contributed by atoms with Crippen molar-refractivity contribution in [2.75, 3.05) is 0 Å². The van der Waals surface area contributed by atoms with Gasteiger partial charge in [0.05, 0.1) is 12.0 Å². The minimum atomic E-state index is -1.13. The molecule has 0 fully saturated rings. The molecule has 0 aromatic rings. The minimum absolute atomic E-state index is 0.00826. The maximum absolute atomic E-state index is 12.1. The molecule has 0 aromatic heterocycles. The number of ketones is 1. The van der Waals surface area contributed by atoms with Gasteiger partial charge in [0.15, 0.2) is 0 Å². The van der Waals surface area contributed by atoms with Crippen molar-refractivity contribution in [2.45, 2.75) is 65.9 Å². The van der Waals surface area contributed by atoms with Crippen LogP contribution >= 0.6 is 0 Å². The van der Waals surface area contributed by atoms with E-state index in [1.807, 2.05) is 0 Å². The van der Waals surface area contributed by atoms with E-state index in [0.717, 1.165) is 6.21 Å². The molecule has 0 heterocycles. The molecular weight excluding hydrogens is 344 g/mol. The summed E-state index contributed by atoms with van der Waals surface area (Å²) in [6.07, 6.45) is -1.53. The Hall–Kier alpha value is -2.67. The number of alkyl carbamates (subject to hydrolysis) is 1. The van der Waals surface area contributed by atoms with Gasteiger partial charge in [0.2, 0.25) is 12.1 Å². The lowest BCUT2D eigenvalue weighted by atomic mass is 10.1. The largest absolute Gasteiger partial charge is 0.461 e. The number of nitrogens with zero attached hydrogens (tertiary/aromatic N) is 1. The number of amides is 1. The van der Waals surface area contributed by atoms with Crippen molar-refractivity contribution in [3.63, 3.8) is 0 Å². The van der Waals surface area contributed by atoms with Crippen LogP contribution < -0.4 is 9.98 Å². The summed E-state index contributed by atoms with van der Waals surface area (Å²) in [6.45, 7) is 11.1. The number of Topliss-reactive ketones (excluding diaryl/α,β-unsaturated/α-hetero) is 1. The number of esters is 2. The quantitative estimate of drug-likeness (QED) is 0.260. The second kappa shape index (κ2) is 11.8. The Kier molecular flexibility index (Phi) is 10.6. The Morgan fingerprint density at radius 2 is 1.62 bits per heavy atom. The standard InChI is InChI=1S/C17H26N2O7/c1-10(2)15(21)25-12(5)26-17(23)19-14(16(22)24-11(3)4)8-7-13(20)9-18-6/h9-12,14H,6-8H2,1-5H3/p+1/t12?,14-/m0/s1. The lowest BCUT2D eigenvalue weighted by molar-refractivity contribution is -0.169. The van der Waals surface area contributed by atoms with Gasteiger partial charge in [0, 0.05) is 13.3 Å². The topological polar surface area (TPSA) is 122 Å². The van der Waals surface area contributed by atoms with E-state index in [-0.39, 0.29) is 24.5 Å². The fourth-order valence-electron chi connectivity index (χ4n) is 1.67. The summed E-state index contributed by atoms with van der Waals surface area (Å²) in [6, 6.07) is -1.10. The molecule has 1 amide bonds. The zero-order valence-corrected chi connectivity index (χ0v) is 15.8. The summed E-state index contributed by atoms with van der Waals surface area (Å²) in [5.41, 5.74) is 0. The van der Waals surface area contributed by atoms with Crippen molar-refractivity contribution in [3.05, 3.63) is 0 Å². The Balaban J connectivity index is 4.79. The van der Waals surface area contributed by atoms with Gasteiger partial charge in [-0.05, 0) is 20.3 Å². The number of carbonyl (C=O) groups is 4. The van der Waals surface area contributed by atoms with E-state index in [4.69, 9.17) is 14.2 Å². The average molecular weight is 371 g/mol. The predicted octanol–water partition coefficient (Wildman–Crippen LogP) is 0.766. The Morgan fingerprint density at radius 1 is 1.00 bits per heavy atom. The lowest BCUT2D eigenvalue weighted by Gasteiger charge is -2.20. The predicted molar refractivity (Wildman–Crippen MR) is 94.6 cm³/mol. The molecule has 9 heteroatoms. The third-order valence-electron chi connectivity index (χ3n) is 2.87. The summed E-state index contributed by atoms with van der Waals surface area (Å²) >= 11 is 0. The molecule has 0 aliphatic rings. The lowest BCUT2D eigenvalue weighted by Crippen LogP contribution is -2.44. The monoisotopic (exact) mass is 371 g/mol. The molecule has 26 heavy (non-hydrogen) atoms. The zero-order valence-electron chi connectivity index (χ0n) is 15.8. The van der Waals surface area contributed by atoms with Crippen LogP contribution in [0.3, 0.4) is 0 Å². The molecule has 0 aromatic carbocycles. The van der Waals surface area contributed by atoms with E-state index >= 15 is 0 Å². The van der Waals surface area contributed by atoms with Gasteiger partial charge in [-0.1, -0.05) is 13.8 Å². The fourth-order valence-corrected chi connectivity index (χ4v) is 1.67. The minimum Gasteiger partial charge on any atom is -0.461 e. The van der Waals surface area contributed by atoms with E-state index in [0.29, 0.717) is 0 Å². The first-order valence-corrected chi connectivity index (χ1v) is 8.26. The van der Waals surface area contributed by atoms with Gasteiger partial charge in [0.25, 0.3) is 6.72 Å². The van der Waals surface area contributed by atoms with Crippen LogP contribution in [-0.4, -0.2) is 55.2 Å². The third kappa shape index (κ3) is 10.2. The zero-order chi connectivity index (χ0) is 20.3. The van der Waals surface area contributed by atoms with E-state index in [9.17, 15) is 19.2 Å². The van der Waals surface area contributed by atoms with E-state index in [1.165, 1.54) is 6.92 Å². The van der Waals surface area contributed by atoms with Crippen LogP contribution in [0.15, 0.2) is 0 Å². The number of rotatable bonds is 10. The maximum Gasteiger partial charge on any atom is 0.410 e. The van der Waals surface area contributed by atoms with Gasteiger partial charge in [0.1, 0.15) is 6.04 Å². The van der Waals surface area contributed by atoms with Crippen LogP contribution in [0.1, 0.15) is 47.5 Å². The highest BCUT2D eigenvalue weighted by molar-refractivity contribution is 6.27. The molecule has 1 N–H and O–H groups in total. The summed E-state index contributed by atoms with van der Waals surface area (Å²) < 4.78 is 18.2. The highest BCUT2D eigenvalue weighted by Crippen LogP contribution is 2.06. The molecule has 9 nitrogen and oxygen atoms in total. The number of ether oxygens (including phenoxy) is 3. The number of carbonyl (C=O) groups excluding carboxylic acids is 4. The van der Waals surface area contributed by atoms with Crippen LogP contribution in [0.25, 0.3) is 0 Å². The van der Waals surface area contributed by atoms with Crippen molar-refractivity contribution in [1.29, 1.82) is 0 Å². The van der Waals surface area contributed by atoms with Crippen LogP contribution in [0.5, 0.6) is 0 Å². The first kappa shape index (κ1) is 23.3. The molecule has 2 atom stereocenters. The first-order valence-electron chi connectivity index (χ1n) is 8.26. The second-order valence-corrected chi connectivity index (χ2v) is 6.06. The van der Waals surface area contributed by atoms with Crippen molar-refractivity contribution >= 4 is 36.7 Å². The molecule has 0 saturated carbocycles. The number of hydrogen-bond acceptors (Lipinski definition) is 7. The summed E-state index contributed by atoms with van der Waals surface area (Å²) in [7, 11) is 0. The van der Waals surface area contributed by atoms with Gasteiger partial charge in [-0.15, -0.1) is 4.67 Å². The van der Waals surface area contributed by atoms with E-state index in [2.05, 4.69) is 16.7 Å². The molecule has 0 aliphatic carbocycles. The number of hydrogen-bond donors (Lipinski definition) is 1. The van der Waals surface area contributed by atoms with Gasteiger partial charge in [-0.25, -0.2) is 9.59 Å². The van der Waals surface area contributed by atoms with Crippen LogP contribution in [0, 0.1) is 5.92 Å². The molecule has 0 bridgehead atoms. The maximum atomic E-state index is 12.1. The van der Waals surface area contributed by atoms with Crippen molar-refractivity contribution in [1.82, 2.24) is 9.98 Å². The van der Waals surface area contributed by atoms with Gasteiger partial charge in [-0.3, -0.25) is 9.59 Å². The fraction of sp³-hybridized carbons (Fsp3) is 0.647. The molecule has 0 radical (unpaired) electrons. The van der Waals surface area contributed by atoms with Crippen molar-refractivity contribution < 1.29 is 33.4 Å². The normalized spacial score (nSPS) is 12.6. The summed E-state index contributed by atoms with van der Waals surface area (Å²) in [4.78, 5) is 47.0. The summed E-state index contributed by atoms with van der Waals surface area (Å²) in [5.74, 6) is -1.96. The molecule has 0 saturated heterocycles. The van der Waals surface area contributed by atoms with Gasteiger partial charge < -0.3 is 19.5 Å². The van der Waals surface area contributed by atoms with Crippen molar-refractivity contribution in [3.8, 4) is 0 Å². The number of nitrogens with one attached hydrogen (secondary N) is 1.